The van der Waals surface area contributed by atoms with Crippen molar-refractivity contribution in [3.8, 4) is 44.9 Å². The monoisotopic (exact) mass is 637 g/mol. The van der Waals surface area contributed by atoms with Crippen LogP contribution in [0.25, 0.3) is 65.7 Å². The van der Waals surface area contributed by atoms with E-state index in [9.17, 15) is 0 Å². The van der Waals surface area contributed by atoms with Crippen LogP contribution in [0.5, 0.6) is 11.5 Å². The molecule has 0 fully saturated rings. The normalized spacial score (nSPS) is 11.8. The Hall–Kier alpha value is -6.64. The molecule has 2 nitrogen and oxygen atoms in total. The molecular weight excluding hydrogens is 607 g/mol. The number of hydrogen-bond acceptors (Lipinski definition) is 2. The molecule has 2 heteroatoms. The van der Waals surface area contributed by atoms with Crippen LogP contribution in [0.1, 0.15) is 0 Å². The average molecular weight is 638 g/mol. The predicted octanol–water partition coefficient (Wildman–Crippen LogP) is 13.7. The maximum absolute atomic E-state index is 6.44. The van der Waals surface area contributed by atoms with E-state index in [0.29, 0.717) is 0 Å². The van der Waals surface area contributed by atoms with Gasteiger partial charge < -0.3 is 9.64 Å². The molecule has 0 bridgehead atoms. The summed E-state index contributed by atoms with van der Waals surface area (Å²) in [6.45, 7) is 0. The van der Waals surface area contributed by atoms with Crippen LogP contribution < -0.4 is 9.64 Å². The first-order valence-electron chi connectivity index (χ1n) is 17.1. The largest absolute Gasteiger partial charge is 0.456 e. The number of ether oxygens (including phenoxy) is 1. The maximum Gasteiger partial charge on any atom is 0.135 e. The summed E-state index contributed by atoms with van der Waals surface area (Å²) in [6, 6.07) is 67.5. The quantitative estimate of drug-likeness (QED) is 0.186. The van der Waals surface area contributed by atoms with Crippen molar-refractivity contribution in [2.24, 2.45) is 0 Å². The minimum absolute atomic E-state index is 0.899. The first-order chi connectivity index (χ1) is 24.8. The molecule has 0 aliphatic carbocycles. The second-order valence-electron chi connectivity index (χ2n) is 12.9. The molecule has 1 heterocycles. The van der Waals surface area contributed by atoms with E-state index < -0.39 is 0 Å². The molecule has 0 amide bonds. The molecule has 0 atom stereocenters. The molecule has 1 aliphatic heterocycles. The van der Waals surface area contributed by atoms with Crippen LogP contribution in [0.3, 0.4) is 0 Å². The SMILES string of the molecule is c1cc(-c2ccc3c4c(cccc24)-c2ccccc2O3)cc(N(c2ccccc2-c2cccc3ccccc23)c2cccc3ccccc23)c1. The fraction of sp³-hybridized carbons (Fsp3) is 0. The number of fused-ring (bicyclic) bond motifs is 4. The molecule has 0 N–H and O–H groups in total. The molecule has 0 radical (unpaired) electrons. The number of benzene rings is 9. The summed E-state index contributed by atoms with van der Waals surface area (Å²) in [7, 11) is 0. The molecule has 0 saturated carbocycles. The Morgan fingerprint density at radius 3 is 1.84 bits per heavy atom. The van der Waals surface area contributed by atoms with E-state index in [2.05, 4.69) is 181 Å². The minimum Gasteiger partial charge on any atom is -0.456 e. The smallest absolute Gasteiger partial charge is 0.135 e. The summed E-state index contributed by atoms with van der Waals surface area (Å²) < 4.78 is 6.44. The molecular formula is C48H31NO. The van der Waals surface area contributed by atoms with Crippen LogP contribution in [0.2, 0.25) is 0 Å². The predicted molar refractivity (Wildman–Crippen MR) is 210 cm³/mol. The van der Waals surface area contributed by atoms with Crippen molar-refractivity contribution < 1.29 is 4.74 Å². The summed E-state index contributed by atoms with van der Waals surface area (Å²) in [4.78, 5) is 2.44. The van der Waals surface area contributed by atoms with Gasteiger partial charge in [0, 0.05) is 27.6 Å². The van der Waals surface area contributed by atoms with E-state index in [1.165, 1.54) is 49.2 Å². The second-order valence-corrected chi connectivity index (χ2v) is 12.9. The minimum atomic E-state index is 0.899. The second kappa shape index (κ2) is 11.5. The topological polar surface area (TPSA) is 12.5 Å². The van der Waals surface area contributed by atoms with Gasteiger partial charge in [0.1, 0.15) is 11.5 Å². The molecule has 0 saturated heterocycles. The van der Waals surface area contributed by atoms with Crippen LogP contribution in [-0.4, -0.2) is 0 Å². The summed E-state index contributed by atoms with van der Waals surface area (Å²) in [6.07, 6.45) is 0. The number of anilines is 3. The van der Waals surface area contributed by atoms with Crippen molar-refractivity contribution in [2.75, 3.05) is 4.90 Å². The van der Waals surface area contributed by atoms with Crippen molar-refractivity contribution in [1.82, 2.24) is 0 Å². The average Bonchev–Trinajstić information content (AvgIpc) is 3.18. The van der Waals surface area contributed by atoms with Crippen molar-refractivity contribution in [2.45, 2.75) is 0 Å². The van der Waals surface area contributed by atoms with Gasteiger partial charge in [-0.1, -0.05) is 152 Å². The Labute approximate surface area is 291 Å². The van der Waals surface area contributed by atoms with Gasteiger partial charge in [0.2, 0.25) is 0 Å². The van der Waals surface area contributed by atoms with Crippen molar-refractivity contribution >= 4 is 49.4 Å². The molecule has 0 aromatic heterocycles. The summed E-state index contributed by atoms with van der Waals surface area (Å²) >= 11 is 0. The molecule has 50 heavy (non-hydrogen) atoms. The van der Waals surface area contributed by atoms with E-state index in [1.807, 2.05) is 12.1 Å². The van der Waals surface area contributed by atoms with Crippen LogP contribution in [-0.2, 0) is 0 Å². The third kappa shape index (κ3) is 4.50. The van der Waals surface area contributed by atoms with Gasteiger partial charge in [-0.2, -0.15) is 0 Å². The van der Waals surface area contributed by atoms with Gasteiger partial charge in [-0.15, -0.1) is 0 Å². The molecule has 1 aliphatic rings. The summed E-state index contributed by atoms with van der Waals surface area (Å²) in [5.74, 6) is 1.80. The standard InChI is InChI=1S/C48H31NO/c1-3-19-36-32(13-1)15-10-23-39(36)40-21-5-7-26-45(40)49(44-27-11-16-33-14-2-4-20-38(33)44)35-18-9-17-34(31-35)37-29-30-47-48-42(37)24-12-25-43(48)41-22-6-8-28-46(41)50-47/h1-31H. The van der Waals surface area contributed by atoms with Gasteiger partial charge in [0.05, 0.1) is 11.4 Å². The van der Waals surface area contributed by atoms with Crippen LogP contribution in [0.15, 0.2) is 188 Å². The molecule has 234 valence electrons. The van der Waals surface area contributed by atoms with Gasteiger partial charge in [0.15, 0.2) is 0 Å². The Bertz CT molecular complexity index is 2750. The lowest BCUT2D eigenvalue weighted by Crippen LogP contribution is -2.12. The fourth-order valence-corrected chi connectivity index (χ4v) is 7.81. The lowest BCUT2D eigenvalue weighted by molar-refractivity contribution is 0.487. The first kappa shape index (κ1) is 28.4. The molecule has 9 aromatic rings. The molecule has 0 spiro atoms. The van der Waals surface area contributed by atoms with E-state index in [0.717, 1.165) is 45.1 Å². The number of nitrogens with zero attached hydrogens (tertiary/aromatic N) is 1. The van der Waals surface area contributed by atoms with Crippen molar-refractivity contribution in [3.05, 3.63) is 188 Å². The molecule has 10 rings (SSSR count). The van der Waals surface area contributed by atoms with E-state index >= 15 is 0 Å². The van der Waals surface area contributed by atoms with Crippen molar-refractivity contribution in [3.63, 3.8) is 0 Å². The van der Waals surface area contributed by atoms with Gasteiger partial charge in [-0.25, -0.2) is 0 Å². The van der Waals surface area contributed by atoms with Gasteiger partial charge in [-0.05, 0) is 80.2 Å². The van der Waals surface area contributed by atoms with Crippen LogP contribution in [0.4, 0.5) is 17.1 Å². The third-order valence-corrected chi connectivity index (χ3v) is 10.0. The third-order valence-electron chi connectivity index (χ3n) is 10.0. The number of hydrogen-bond donors (Lipinski definition) is 0. The van der Waals surface area contributed by atoms with Gasteiger partial charge in [0.25, 0.3) is 0 Å². The lowest BCUT2D eigenvalue weighted by atomic mass is 9.90. The van der Waals surface area contributed by atoms with E-state index in [1.54, 1.807) is 0 Å². The Balaban J connectivity index is 1.21. The van der Waals surface area contributed by atoms with E-state index in [-0.39, 0.29) is 0 Å². The Kier molecular flexibility index (Phi) is 6.53. The Morgan fingerprint density at radius 2 is 0.940 bits per heavy atom. The van der Waals surface area contributed by atoms with E-state index in [4.69, 9.17) is 4.74 Å². The van der Waals surface area contributed by atoms with Crippen LogP contribution in [0, 0.1) is 0 Å². The fourth-order valence-electron chi connectivity index (χ4n) is 7.81. The van der Waals surface area contributed by atoms with Gasteiger partial charge in [-0.3, -0.25) is 0 Å². The molecule has 9 aromatic carbocycles. The lowest BCUT2D eigenvalue weighted by Gasteiger charge is -2.30. The summed E-state index contributed by atoms with van der Waals surface area (Å²) in [5.41, 5.74) is 10.4. The zero-order valence-corrected chi connectivity index (χ0v) is 27.3. The number of para-hydroxylation sites is 2. The summed E-state index contributed by atoms with van der Waals surface area (Å²) in [5, 5.41) is 7.21. The highest BCUT2D eigenvalue weighted by atomic mass is 16.5. The van der Waals surface area contributed by atoms with Gasteiger partial charge >= 0.3 is 0 Å². The maximum atomic E-state index is 6.44. The highest BCUT2D eigenvalue weighted by Gasteiger charge is 2.23. The zero-order chi connectivity index (χ0) is 33.0. The Morgan fingerprint density at radius 1 is 0.340 bits per heavy atom. The molecule has 0 unspecified atom stereocenters. The number of rotatable bonds is 5. The highest BCUT2D eigenvalue weighted by molar-refractivity contribution is 6.10. The highest BCUT2D eigenvalue weighted by Crippen LogP contribution is 2.50. The van der Waals surface area contributed by atoms with Crippen molar-refractivity contribution in [1.29, 1.82) is 0 Å². The van der Waals surface area contributed by atoms with Crippen LogP contribution >= 0.6 is 0 Å². The zero-order valence-electron chi connectivity index (χ0n) is 27.3. The first-order valence-corrected chi connectivity index (χ1v) is 17.1.